The second kappa shape index (κ2) is 7.47. The van der Waals surface area contributed by atoms with Crippen LogP contribution < -0.4 is 10.1 Å². The Morgan fingerprint density at radius 1 is 1.45 bits per heavy atom. The van der Waals surface area contributed by atoms with Crippen LogP contribution in [0.25, 0.3) is 0 Å². The van der Waals surface area contributed by atoms with Crippen molar-refractivity contribution in [1.82, 2.24) is 5.32 Å². The van der Waals surface area contributed by atoms with E-state index in [2.05, 4.69) is 5.32 Å². The van der Waals surface area contributed by atoms with Crippen LogP contribution in [0.1, 0.15) is 20.3 Å². The molecule has 0 radical (unpaired) electrons. The summed E-state index contributed by atoms with van der Waals surface area (Å²) in [5, 5.41) is 11.4. The summed E-state index contributed by atoms with van der Waals surface area (Å²) in [6.07, 6.45) is -0.405. The van der Waals surface area contributed by atoms with Gasteiger partial charge in [-0.3, -0.25) is 9.59 Å². The number of carbonyl (C=O) groups is 2. The van der Waals surface area contributed by atoms with Crippen LogP contribution in [0.4, 0.5) is 4.39 Å². The zero-order valence-corrected chi connectivity index (χ0v) is 11.4. The molecule has 2 atom stereocenters. The van der Waals surface area contributed by atoms with Gasteiger partial charge < -0.3 is 15.2 Å². The summed E-state index contributed by atoms with van der Waals surface area (Å²) >= 11 is 0. The molecule has 0 aliphatic heterocycles. The number of hydrogen-bond acceptors (Lipinski definition) is 3. The second-order valence-electron chi connectivity index (χ2n) is 4.41. The minimum atomic E-state index is -0.952. The van der Waals surface area contributed by atoms with Gasteiger partial charge in [0.25, 0.3) is 5.91 Å². The van der Waals surface area contributed by atoms with Gasteiger partial charge in [0.1, 0.15) is 11.6 Å². The number of carboxylic acids is 1. The fourth-order valence-electron chi connectivity index (χ4n) is 1.57. The minimum Gasteiger partial charge on any atom is -0.481 e. The number of halogens is 1. The number of carboxylic acid groups (broad SMARTS) is 1. The first kappa shape index (κ1) is 15.9. The van der Waals surface area contributed by atoms with Crippen LogP contribution in [0.5, 0.6) is 5.75 Å². The molecule has 1 aromatic carbocycles. The molecule has 0 spiro atoms. The first-order valence-electron chi connectivity index (χ1n) is 6.36. The fraction of sp³-hybridized carbons (Fsp3) is 0.429. The van der Waals surface area contributed by atoms with E-state index in [0.29, 0.717) is 6.42 Å². The molecule has 1 rings (SSSR count). The van der Waals surface area contributed by atoms with E-state index in [1.807, 2.05) is 0 Å². The lowest BCUT2D eigenvalue weighted by molar-refractivity contribution is -0.141. The largest absolute Gasteiger partial charge is 0.481 e. The Hall–Kier alpha value is -2.11. The zero-order valence-electron chi connectivity index (χ0n) is 11.4. The SMILES string of the molecule is CCC(CNC(=O)C(C)Oc1cccc(F)c1)C(=O)O. The number of nitrogens with one attached hydrogen (secondary N) is 1. The average Bonchev–Trinajstić information content (AvgIpc) is 2.38. The van der Waals surface area contributed by atoms with Crippen LogP contribution in [0.15, 0.2) is 24.3 Å². The summed E-state index contributed by atoms with van der Waals surface area (Å²) in [6.45, 7) is 3.29. The Morgan fingerprint density at radius 2 is 2.15 bits per heavy atom. The van der Waals surface area contributed by atoms with E-state index < -0.39 is 29.7 Å². The normalized spacial score (nSPS) is 13.3. The van der Waals surface area contributed by atoms with Crippen molar-refractivity contribution in [2.24, 2.45) is 5.92 Å². The second-order valence-corrected chi connectivity index (χ2v) is 4.41. The lowest BCUT2D eigenvalue weighted by Crippen LogP contribution is -2.40. The highest BCUT2D eigenvalue weighted by Gasteiger charge is 2.19. The minimum absolute atomic E-state index is 0.0432. The van der Waals surface area contributed by atoms with Crippen LogP contribution >= 0.6 is 0 Å². The summed E-state index contributed by atoms with van der Waals surface area (Å²) in [6, 6.07) is 5.47. The number of amides is 1. The summed E-state index contributed by atoms with van der Waals surface area (Å²) in [5.41, 5.74) is 0. The lowest BCUT2D eigenvalue weighted by Gasteiger charge is -2.16. The van der Waals surface area contributed by atoms with Gasteiger partial charge in [-0.1, -0.05) is 13.0 Å². The molecule has 2 unspecified atom stereocenters. The Bertz CT molecular complexity index is 478. The summed E-state index contributed by atoms with van der Waals surface area (Å²) < 4.78 is 18.2. The number of carbonyl (C=O) groups excluding carboxylic acids is 1. The molecule has 20 heavy (non-hydrogen) atoms. The van der Waals surface area contributed by atoms with E-state index >= 15 is 0 Å². The van der Waals surface area contributed by atoms with Gasteiger partial charge in [0.15, 0.2) is 6.10 Å². The number of hydrogen-bond donors (Lipinski definition) is 2. The summed E-state index contributed by atoms with van der Waals surface area (Å²) in [5.74, 6) is -2.22. The van der Waals surface area contributed by atoms with E-state index in [1.54, 1.807) is 13.0 Å². The topological polar surface area (TPSA) is 75.6 Å². The van der Waals surface area contributed by atoms with Crippen LogP contribution in [-0.2, 0) is 9.59 Å². The van der Waals surface area contributed by atoms with Gasteiger partial charge >= 0.3 is 5.97 Å². The van der Waals surface area contributed by atoms with Crippen LogP contribution in [-0.4, -0.2) is 29.6 Å². The zero-order chi connectivity index (χ0) is 15.1. The number of aliphatic carboxylic acids is 1. The summed E-state index contributed by atoms with van der Waals surface area (Å²) in [7, 11) is 0. The third-order valence-electron chi connectivity index (χ3n) is 2.84. The van der Waals surface area contributed by atoms with Crippen LogP contribution in [0.2, 0.25) is 0 Å². The molecule has 0 aliphatic rings. The number of ether oxygens (including phenoxy) is 1. The maximum Gasteiger partial charge on any atom is 0.308 e. The highest BCUT2D eigenvalue weighted by Crippen LogP contribution is 2.13. The summed E-state index contributed by atoms with van der Waals surface area (Å²) in [4.78, 5) is 22.6. The van der Waals surface area contributed by atoms with Gasteiger partial charge in [0.05, 0.1) is 5.92 Å². The maximum atomic E-state index is 13.0. The third-order valence-corrected chi connectivity index (χ3v) is 2.84. The molecule has 0 aliphatic carbocycles. The predicted octanol–water partition coefficient (Wildman–Crippen LogP) is 1.82. The van der Waals surface area contributed by atoms with Crippen molar-refractivity contribution in [2.75, 3.05) is 6.54 Å². The number of rotatable bonds is 7. The predicted molar refractivity (Wildman–Crippen MR) is 70.9 cm³/mol. The van der Waals surface area contributed by atoms with Gasteiger partial charge in [-0.15, -0.1) is 0 Å². The van der Waals surface area contributed by atoms with E-state index in [0.717, 1.165) is 0 Å². The van der Waals surface area contributed by atoms with Crippen molar-refractivity contribution in [2.45, 2.75) is 26.4 Å². The first-order chi connectivity index (χ1) is 9.43. The lowest BCUT2D eigenvalue weighted by atomic mass is 10.1. The van der Waals surface area contributed by atoms with E-state index in [1.165, 1.54) is 25.1 Å². The molecule has 2 N–H and O–H groups in total. The molecule has 0 saturated heterocycles. The molecule has 0 fully saturated rings. The third kappa shape index (κ3) is 4.87. The molecule has 0 saturated carbocycles. The molecule has 1 amide bonds. The maximum absolute atomic E-state index is 13.0. The van der Waals surface area contributed by atoms with E-state index in [-0.39, 0.29) is 12.3 Å². The molecular formula is C14H18FNO4. The van der Waals surface area contributed by atoms with Gasteiger partial charge in [-0.25, -0.2) is 4.39 Å². The number of benzene rings is 1. The highest BCUT2D eigenvalue weighted by atomic mass is 19.1. The average molecular weight is 283 g/mol. The van der Waals surface area contributed by atoms with Crippen molar-refractivity contribution in [3.8, 4) is 5.75 Å². The molecule has 6 heteroatoms. The van der Waals surface area contributed by atoms with Crippen molar-refractivity contribution in [1.29, 1.82) is 0 Å². The van der Waals surface area contributed by atoms with Crippen molar-refractivity contribution in [3.63, 3.8) is 0 Å². The Labute approximate surface area is 116 Å². The monoisotopic (exact) mass is 283 g/mol. The molecule has 0 heterocycles. The Balaban J connectivity index is 2.49. The quantitative estimate of drug-likeness (QED) is 0.800. The standard InChI is InChI=1S/C14H18FNO4/c1-3-10(14(18)19)8-16-13(17)9(2)20-12-6-4-5-11(15)7-12/h4-7,9-10H,3,8H2,1-2H3,(H,16,17)(H,18,19). The van der Waals surface area contributed by atoms with Crippen molar-refractivity contribution < 1.29 is 23.8 Å². The van der Waals surface area contributed by atoms with Gasteiger partial charge in [-0.05, 0) is 25.5 Å². The van der Waals surface area contributed by atoms with E-state index in [9.17, 15) is 14.0 Å². The van der Waals surface area contributed by atoms with E-state index in [4.69, 9.17) is 9.84 Å². The van der Waals surface area contributed by atoms with Gasteiger partial charge in [-0.2, -0.15) is 0 Å². The molecule has 0 bridgehead atoms. The van der Waals surface area contributed by atoms with Crippen molar-refractivity contribution in [3.05, 3.63) is 30.1 Å². The highest BCUT2D eigenvalue weighted by molar-refractivity contribution is 5.81. The van der Waals surface area contributed by atoms with Crippen molar-refractivity contribution >= 4 is 11.9 Å². The van der Waals surface area contributed by atoms with Crippen LogP contribution in [0.3, 0.4) is 0 Å². The molecule has 0 aromatic heterocycles. The molecule has 110 valence electrons. The van der Waals surface area contributed by atoms with Crippen LogP contribution in [0, 0.1) is 11.7 Å². The first-order valence-corrected chi connectivity index (χ1v) is 6.36. The Morgan fingerprint density at radius 3 is 2.70 bits per heavy atom. The smallest absolute Gasteiger partial charge is 0.308 e. The van der Waals surface area contributed by atoms with Gasteiger partial charge in [0.2, 0.25) is 0 Å². The fourth-order valence-corrected chi connectivity index (χ4v) is 1.57. The molecular weight excluding hydrogens is 265 g/mol. The molecule has 1 aromatic rings. The molecule has 5 nitrogen and oxygen atoms in total. The Kier molecular flexibility index (Phi) is 5.96. The van der Waals surface area contributed by atoms with Gasteiger partial charge in [0, 0.05) is 12.6 Å².